The minimum Gasteiger partial charge on any atom is -0.313 e. The smallest absolute Gasteiger partial charge is 0.0300 e. The number of thioether (sulfide) groups is 1. The van der Waals surface area contributed by atoms with Crippen LogP contribution in [0.3, 0.4) is 0 Å². The van der Waals surface area contributed by atoms with Crippen molar-refractivity contribution in [1.82, 2.24) is 10.3 Å². The second-order valence-corrected chi connectivity index (χ2v) is 6.59. The second-order valence-electron chi connectivity index (χ2n) is 4.58. The molecule has 20 heavy (non-hydrogen) atoms. The lowest BCUT2D eigenvalue weighted by Crippen LogP contribution is -2.33. The zero-order valence-corrected chi connectivity index (χ0v) is 14.0. The van der Waals surface area contributed by atoms with E-state index in [4.69, 9.17) is 0 Å². The molecule has 0 radical (unpaired) electrons. The van der Waals surface area contributed by atoms with Crippen molar-refractivity contribution in [2.45, 2.75) is 24.3 Å². The molecule has 1 N–H and O–H groups in total. The largest absolute Gasteiger partial charge is 0.313 e. The maximum atomic E-state index is 4.19. The molecule has 0 aliphatic heterocycles. The molecule has 1 unspecified atom stereocenters. The topological polar surface area (TPSA) is 24.9 Å². The lowest BCUT2D eigenvalue weighted by molar-refractivity contribution is 0.572. The third kappa shape index (κ3) is 5.27. The van der Waals surface area contributed by atoms with E-state index in [9.17, 15) is 0 Å². The number of aromatic nitrogens is 1. The Morgan fingerprint density at radius 1 is 1.25 bits per heavy atom. The summed E-state index contributed by atoms with van der Waals surface area (Å²) in [5.41, 5.74) is 1.29. The van der Waals surface area contributed by atoms with Gasteiger partial charge in [0.25, 0.3) is 0 Å². The van der Waals surface area contributed by atoms with Gasteiger partial charge >= 0.3 is 0 Å². The summed E-state index contributed by atoms with van der Waals surface area (Å²) >= 11 is 5.36. The summed E-state index contributed by atoms with van der Waals surface area (Å²) in [7, 11) is 0. The molecule has 0 aliphatic carbocycles. The van der Waals surface area contributed by atoms with Crippen LogP contribution in [0.2, 0.25) is 0 Å². The van der Waals surface area contributed by atoms with E-state index in [1.165, 1.54) is 10.5 Å². The Bertz CT molecular complexity index is 502. The fourth-order valence-electron chi connectivity index (χ4n) is 2.01. The molecule has 1 heterocycles. The Morgan fingerprint density at radius 2 is 2.05 bits per heavy atom. The number of rotatable bonds is 7. The van der Waals surface area contributed by atoms with Gasteiger partial charge in [-0.3, -0.25) is 4.98 Å². The predicted molar refractivity (Wildman–Crippen MR) is 90.3 cm³/mol. The van der Waals surface area contributed by atoms with Crippen LogP contribution >= 0.6 is 27.7 Å². The maximum absolute atomic E-state index is 4.19. The summed E-state index contributed by atoms with van der Waals surface area (Å²) in [5.74, 6) is 1.06. The molecule has 0 bridgehead atoms. The Labute approximate surface area is 133 Å². The summed E-state index contributed by atoms with van der Waals surface area (Å²) in [6.07, 6.45) is 4.79. The summed E-state index contributed by atoms with van der Waals surface area (Å²) in [6, 6.07) is 13.1. The predicted octanol–water partition coefficient (Wildman–Crippen LogP) is 4.16. The zero-order chi connectivity index (χ0) is 14.2. The van der Waals surface area contributed by atoms with Crippen molar-refractivity contribution in [3.63, 3.8) is 0 Å². The molecule has 4 heteroatoms. The molecular weight excluding hydrogens is 332 g/mol. The molecule has 0 amide bonds. The molecule has 0 spiro atoms. The molecular formula is C16H19BrN2S. The van der Waals surface area contributed by atoms with Crippen molar-refractivity contribution in [2.75, 3.05) is 12.3 Å². The van der Waals surface area contributed by atoms with E-state index in [-0.39, 0.29) is 0 Å². The van der Waals surface area contributed by atoms with Crippen LogP contribution in [-0.4, -0.2) is 23.3 Å². The van der Waals surface area contributed by atoms with E-state index >= 15 is 0 Å². The number of benzene rings is 1. The monoisotopic (exact) mass is 350 g/mol. The number of nitrogens with one attached hydrogen (secondary N) is 1. The van der Waals surface area contributed by atoms with Crippen LogP contribution in [-0.2, 0) is 6.42 Å². The Morgan fingerprint density at radius 3 is 2.70 bits per heavy atom. The highest BCUT2D eigenvalue weighted by Crippen LogP contribution is 2.22. The van der Waals surface area contributed by atoms with E-state index < -0.39 is 0 Å². The van der Waals surface area contributed by atoms with E-state index in [1.807, 2.05) is 30.2 Å². The highest BCUT2D eigenvalue weighted by molar-refractivity contribution is 9.10. The summed E-state index contributed by atoms with van der Waals surface area (Å²) in [6.45, 7) is 3.15. The maximum Gasteiger partial charge on any atom is 0.0300 e. The SMILES string of the molecule is CCNC(CSc1ccc(Br)cc1)Cc1cccnc1. The molecule has 2 nitrogen and oxygen atoms in total. The van der Waals surface area contributed by atoms with Crippen LogP contribution in [0, 0.1) is 0 Å². The van der Waals surface area contributed by atoms with Gasteiger partial charge in [0.15, 0.2) is 0 Å². The third-order valence-electron chi connectivity index (χ3n) is 2.96. The van der Waals surface area contributed by atoms with Gasteiger partial charge in [-0.1, -0.05) is 28.9 Å². The van der Waals surface area contributed by atoms with Crippen molar-refractivity contribution < 1.29 is 0 Å². The van der Waals surface area contributed by atoms with Crippen molar-refractivity contribution in [2.24, 2.45) is 0 Å². The summed E-state index contributed by atoms with van der Waals surface area (Å²) in [5, 5.41) is 3.55. The number of hydrogen-bond acceptors (Lipinski definition) is 3. The van der Waals surface area contributed by atoms with Gasteiger partial charge in [0.05, 0.1) is 0 Å². The van der Waals surface area contributed by atoms with Crippen molar-refractivity contribution in [3.8, 4) is 0 Å². The van der Waals surface area contributed by atoms with Crippen molar-refractivity contribution >= 4 is 27.7 Å². The minimum absolute atomic E-state index is 0.470. The van der Waals surface area contributed by atoms with E-state index in [1.54, 1.807) is 0 Å². The Balaban J connectivity index is 1.90. The van der Waals surface area contributed by atoms with Crippen LogP contribution in [0.25, 0.3) is 0 Å². The van der Waals surface area contributed by atoms with Crippen LogP contribution in [0.15, 0.2) is 58.2 Å². The number of halogens is 1. The molecule has 0 saturated carbocycles. The first-order chi connectivity index (χ1) is 9.78. The van der Waals surface area contributed by atoms with Crippen LogP contribution < -0.4 is 5.32 Å². The Hall–Kier alpha value is -0.840. The first kappa shape index (κ1) is 15.5. The number of likely N-dealkylation sites (N-methyl/N-ethyl adjacent to an activating group) is 1. The summed E-state index contributed by atoms with van der Waals surface area (Å²) < 4.78 is 1.13. The average Bonchev–Trinajstić information content (AvgIpc) is 2.48. The van der Waals surface area contributed by atoms with Gasteiger partial charge in [0.2, 0.25) is 0 Å². The molecule has 2 rings (SSSR count). The highest BCUT2D eigenvalue weighted by atomic mass is 79.9. The van der Waals surface area contributed by atoms with Gasteiger partial charge in [-0.2, -0.15) is 0 Å². The first-order valence-corrected chi connectivity index (χ1v) is 8.56. The zero-order valence-electron chi connectivity index (χ0n) is 11.6. The van der Waals surface area contributed by atoms with Gasteiger partial charge in [0.1, 0.15) is 0 Å². The quantitative estimate of drug-likeness (QED) is 0.759. The Kier molecular flexibility index (Phi) is 6.57. The second kappa shape index (κ2) is 8.45. The van der Waals surface area contributed by atoms with Gasteiger partial charge in [-0.05, 0) is 48.9 Å². The lowest BCUT2D eigenvalue weighted by atomic mass is 10.1. The van der Waals surface area contributed by atoms with E-state index in [0.29, 0.717) is 6.04 Å². The van der Waals surface area contributed by atoms with E-state index in [0.717, 1.165) is 23.2 Å². The number of nitrogens with zero attached hydrogens (tertiary/aromatic N) is 1. The average molecular weight is 351 g/mol. The van der Waals surface area contributed by atoms with Crippen LogP contribution in [0.4, 0.5) is 0 Å². The molecule has 0 fully saturated rings. The molecule has 0 aliphatic rings. The first-order valence-electron chi connectivity index (χ1n) is 6.78. The van der Waals surface area contributed by atoms with Crippen molar-refractivity contribution in [3.05, 3.63) is 58.8 Å². The van der Waals surface area contributed by atoms with Gasteiger partial charge in [-0.25, -0.2) is 0 Å². The molecule has 1 aromatic heterocycles. The van der Waals surface area contributed by atoms with E-state index in [2.05, 4.69) is 63.5 Å². The third-order valence-corrected chi connectivity index (χ3v) is 4.67. The van der Waals surface area contributed by atoms with Gasteiger partial charge in [0, 0.05) is 33.6 Å². The fraction of sp³-hybridized carbons (Fsp3) is 0.312. The van der Waals surface area contributed by atoms with Crippen molar-refractivity contribution in [1.29, 1.82) is 0 Å². The van der Waals surface area contributed by atoms with Gasteiger partial charge in [-0.15, -0.1) is 11.8 Å². The number of hydrogen-bond donors (Lipinski definition) is 1. The molecule has 2 aromatic rings. The van der Waals surface area contributed by atoms with Gasteiger partial charge < -0.3 is 5.32 Å². The molecule has 1 atom stereocenters. The number of pyridine rings is 1. The van der Waals surface area contributed by atoms with Crippen LogP contribution in [0.1, 0.15) is 12.5 Å². The van der Waals surface area contributed by atoms with Crippen LogP contribution in [0.5, 0.6) is 0 Å². The minimum atomic E-state index is 0.470. The lowest BCUT2D eigenvalue weighted by Gasteiger charge is -2.17. The molecule has 1 aromatic carbocycles. The standard InChI is InChI=1S/C16H19BrN2S/c1-2-19-15(10-13-4-3-9-18-11-13)12-20-16-7-5-14(17)6-8-16/h3-9,11,15,19H,2,10,12H2,1H3. The molecule has 0 saturated heterocycles. The normalized spacial score (nSPS) is 12.3. The summed E-state index contributed by atoms with van der Waals surface area (Å²) in [4.78, 5) is 5.49. The molecule has 106 valence electrons. The highest BCUT2D eigenvalue weighted by Gasteiger charge is 2.09. The fourth-order valence-corrected chi connectivity index (χ4v) is 3.23.